The van der Waals surface area contributed by atoms with Crippen LogP contribution in [0.2, 0.25) is 0 Å². The van der Waals surface area contributed by atoms with Crippen molar-refractivity contribution in [2.24, 2.45) is 0 Å². The first-order valence-corrected chi connectivity index (χ1v) is 12.2. The average molecular weight is 475 g/mol. The number of anilines is 1. The summed E-state index contributed by atoms with van der Waals surface area (Å²) in [6.45, 7) is 3.59. The molecule has 1 aromatic carbocycles. The van der Waals surface area contributed by atoms with Crippen molar-refractivity contribution in [2.45, 2.75) is 44.2 Å². The Kier molecular flexibility index (Phi) is 5.95. The molecular formula is C21H26N6O5S. The van der Waals surface area contributed by atoms with Gasteiger partial charge in [-0.15, -0.1) is 0 Å². The lowest BCUT2D eigenvalue weighted by molar-refractivity contribution is -0.0917. The summed E-state index contributed by atoms with van der Waals surface area (Å²) in [6, 6.07) is 7.76. The van der Waals surface area contributed by atoms with E-state index in [0.717, 1.165) is 10.6 Å². The lowest BCUT2D eigenvalue weighted by Crippen LogP contribution is -2.49. The molecule has 1 aliphatic rings. The summed E-state index contributed by atoms with van der Waals surface area (Å²) in [5, 5.41) is 13.8. The normalized spacial score (nSPS) is 25.6. The van der Waals surface area contributed by atoms with Crippen LogP contribution in [0.5, 0.6) is 0 Å². The van der Waals surface area contributed by atoms with Gasteiger partial charge in [0.05, 0.1) is 24.2 Å². The number of hydrogen-bond donors (Lipinski definition) is 2. The van der Waals surface area contributed by atoms with Crippen LogP contribution in [0.15, 0.2) is 43.0 Å². The minimum Gasteiger partial charge on any atom is -0.388 e. The first-order valence-electron chi connectivity index (χ1n) is 10.4. The number of carbonyl (C=O) groups is 1. The van der Waals surface area contributed by atoms with Crippen molar-refractivity contribution >= 4 is 32.9 Å². The van der Waals surface area contributed by atoms with Gasteiger partial charge in [-0.3, -0.25) is 9.36 Å². The number of nitrogens with zero attached hydrogens (tertiary/aromatic N) is 5. The topological polar surface area (TPSA) is 140 Å². The Hall–Kier alpha value is -2.93. The van der Waals surface area contributed by atoms with Gasteiger partial charge in [-0.2, -0.15) is 4.31 Å². The third-order valence-corrected chi connectivity index (χ3v) is 7.47. The molecule has 2 aromatic heterocycles. The SMILES string of the molecule is CC[C@@]1(C)O[C@@H](n2cnc3c(NC(=O)c4ccccc4)ncnc32)[C@H](N(C)S(C)(=O)=O)[C@@H]1O. The zero-order valence-electron chi connectivity index (χ0n) is 18.7. The molecule has 12 heteroatoms. The van der Waals surface area contributed by atoms with Crippen molar-refractivity contribution in [3.63, 3.8) is 0 Å². The summed E-state index contributed by atoms with van der Waals surface area (Å²) in [5.74, 6) is -0.150. The van der Waals surface area contributed by atoms with Crippen molar-refractivity contribution < 1.29 is 23.1 Å². The van der Waals surface area contributed by atoms with E-state index >= 15 is 0 Å². The first-order chi connectivity index (χ1) is 15.6. The summed E-state index contributed by atoms with van der Waals surface area (Å²) >= 11 is 0. The summed E-state index contributed by atoms with van der Waals surface area (Å²) in [7, 11) is -2.24. The van der Waals surface area contributed by atoms with E-state index in [4.69, 9.17) is 4.74 Å². The number of imidazole rings is 1. The molecule has 0 unspecified atom stereocenters. The summed E-state index contributed by atoms with van der Waals surface area (Å²) < 4.78 is 33.5. The molecule has 0 aliphatic carbocycles. The van der Waals surface area contributed by atoms with Crippen molar-refractivity contribution in [3.8, 4) is 0 Å². The van der Waals surface area contributed by atoms with E-state index in [1.54, 1.807) is 35.8 Å². The average Bonchev–Trinajstić information content (AvgIpc) is 3.33. The first kappa shape index (κ1) is 23.2. The van der Waals surface area contributed by atoms with Gasteiger partial charge in [0.1, 0.15) is 12.4 Å². The Balaban J connectivity index is 1.75. The fraction of sp³-hybridized carbons (Fsp3) is 0.429. The molecule has 176 valence electrons. The number of benzene rings is 1. The van der Waals surface area contributed by atoms with Crippen LogP contribution in [0.4, 0.5) is 5.82 Å². The van der Waals surface area contributed by atoms with Gasteiger partial charge in [0, 0.05) is 12.6 Å². The van der Waals surface area contributed by atoms with Crippen molar-refractivity contribution in [3.05, 3.63) is 48.5 Å². The molecule has 1 aliphatic heterocycles. The largest absolute Gasteiger partial charge is 0.388 e. The van der Waals surface area contributed by atoms with E-state index in [0.29, 0.717) is 23.1 Å². The highest BCUT2D eigenvalue weighted by Crippen LogP contribution is 2.42. The predicted octanol–water partition coefficient (Wildman–Crippen LogP) is 1.40. The third-order valence-electron chi connectivity index (χ3n) is 6.18. The van der Waals surface area contributed by atoms with E-state index in [9.17, 15) is 18.3 Å². The number of fused-ring (bicyclic) bond motifs is 1. The summed E-state index contributed by atoms with van der Waals surface area (Å²) in [4.78, 5) is 25.4. The van der Waals surface area contributed by atoms with Crippen LogP contribution >= 0.6 is 0 Å². The smallest absolute Gasteiger partial charge is 0.256 e. The van der Waals surface area contributed by atoms with E-state index in [1.807, 2.05) is 13.0 Å². The predicted molar refractivity (Wildman–Crippen MR) is 121 cm³/mol. The number of rotatable bonds is 6. The molecule has 0 radical (unpaired) electrons. The highest BCUT2D eigenvalue weighted by molar-refractivity contribution is 7.88. The van der Waals surface area contributed by atoms with Gasteiger partial charge in [0.15, 0.2) is 23.2 Å². The van der Waals surface area contributed by atoms with Gasteiger partial charge in [-0.25, -0.2) is 23.4 Å². The molecule has 1 saturated heterocycles. The number of hydrogen-bond acceptors (Lipinski definition) is 8. The van der Waals surface area contributed by atoms with Crippen molar-refractivity contribution in [2.75, 3.05) is 18.6 Å². The Morgan fingerprint density at radius 1 is 1.27 bits per heavy atom. The Labute approximate surface area is 191 Å². The van der Waals surface area contributed by atoms with Crippen LogP contribution < -0.4 is 5.32 Å². The van der Waals surface area contributed by atoms with Crippen LogP contribution in [-0.2, 0) is 14.8 Å². The number of carbonyl (C=O) groups excluding carboxylic acids is 1. The standard InChI is InChI=1S/C21H26N6O5S/c1-5-21(2)16(28)15(26(3)33(4,30)31)20(32-21)27-12-24-14-17(22-11-23-18(14)27)25-19(29)13-9-7-6-8-10-13/h6-12,15-16,20,28H,5H2,1-4H3,(H,22,23,25,29)/t15-,16+,20-,21-/m1/s1. The minimum atomic E-state index is -3.64. The van der Waals surface area contributed by atoms with E-state index in [1.165, 1.54) is 19.7 Å². The third kappa shape index (κ3) is 4.10. The molecular weight excluding hydrogens is 448 g/mol. The molecule has 0 spiro atoms. The fourth-order valence-electron chi connectivity index (χ4n) is 3.94. The number of aromatic nitrogens is 4. The van der Waals surface area contributed by atoms with Gasteiger partial charge in [-0.05, 0) is 25.5 Å². The van der Waals surface area contributed by atoms with Crippen LogP contribution in [0.25, 0.3) is 11.2 Å². The monoisotopic (exact) mass is 474 g/mol. The van der Waals surface area contributed by atoms with Crippen LogP contribution in [0.3, 0.4) is 0 Å². The molecule has 3 aromatic rings. The molecule has 1 amide bonds. The zero-order valence-corrected chi connectivity index (χ0v) is 19.5. The number of nitrogens with one attached hydrogen (secondary N) is 1. The molecule has 3 heterocycles. The highest BCUT2D eigenvalue weighted by atomic mass is 32.2. The van der Waals surface area contributed by atoms with E-state index in [-0.39, 0.29) is 11.7 Å². The molecule has 11 nitrogen and oxygen atoms in total. The molecule has 0 bridgehead atoms. The van der Waals surface area contributed by atoms with Crippen molar-refractivity contribution in [1.82, 2.24) is 23.8 Å². The summed E-state index contributed by atoms with van der Waals surface area (Å²) in [6.07, 6.45) is 2.26. The van der Waals surface area contributed by atoms with Gasteiger partial charge >= 0.3 is 0 Å². The van der Waals surface area contributed by atoms with Gasteiger partial charge in [0.2, 0.25) is 10.0 Å². The maximum absolute atomic E-state index is 12.6. The highest BCUT2D eigenvalue weighted by Gasteiger charge is 2.55. The Morgan fingerprint density at radius 2 is 1.97 bits per heavy atom. The quantitative estimate of drug-likeness (QED) is 0.546. The molecule has 0 saturated carbocycles. The van der Waals surface area contributed by atoms with Crippen molar-refractivity contribution in [1.29, 1.82) is 0 Å². The molecule has 4 rings (SSSR count). The minimum absolute atomic E-state index is 0.206. The Morgan fingerprint density at radius 3 is 2.61 bits per heavy atom. The summed E-state index contributed by atoms with van der Waals surface area (Å²) in [5.41, 5.74) is 0.116. The molecule has 2 N–H and O–H groups in total. The second-order valence-electron chi connectivity index (χ2n) is 8.26. The number of amides is 1. The van der Waals surface area contributed by atoms with Crippen LogP contribution in [0.1, 0.15) is 36.9 Å². The number of aliphatic hydroxyl groups excluding tert-OH is 1. The van der Waals surface area contributed by atoms with Crippen LogP contribution in [0, 0.1) is 0 Å². The second kappa shape index (κ2) is 8.45. The van der Waals surface area contributed by atoms with Gasteiger partial charge in [-0.1, -0.05) is 25.1 Å². The second-order valence-corrected chi connectivity index (χ2v) is 10.3. The maximum atomic E-state index is 12.6. The lowest BCUT2D eigenvalue weighted by Gasteiger charge is -2.30. The van der Waals surface area contributed by atoms with Gasteiger partial charge < -0.3 is 15.2 Å². The van der Waals surface area contributed by atoms with Crippen LogP contribution in [-0.4, -0.2) is 74.3 Å². The molecule has 4 atom stereocenters. The zero-order chi connectivity index (χ0) is 24.0. The maximum Gasteiger partial charge on any atom is 0.256 e. The van der Waals surface area contributed by atoms with E-state index < -0.39 is 34.0 Å². The van der Waals surface area contributed by atoms with Gasteiger partial charge in [0.25, 0.3) is 5.91 Å². The Bertz CT molecular complexity index is 1280. The number of aliphatic hydroxyl groups is 1. The number of likely N-dealkylation sites (N-methyl/N-ethyl adjacent to an activating group) is 1. The number of ether oxygens (including phenoxy) is 1. The van der Waals surface area contributed by atoms with E-state index in [2.05, 4.69) is 20.3 Å². The fourth-order valence-corrected chi connectivity index (χ4v) is 4.61. The lowest BCUT2D eigenvalue weighted by atomic mass is 9.93. The molecule has 1 fully saturated rings. The molecule has 33 heavy (non-hydrogen) atoms. The number of sulfonamides is 1.